The number of carbonyl (C=O) groups excluding carboxylic acids is 1. The predicted octanol–water partition coefficient (Wildman–Crippen LogP) is 3.95. The van der Waals surface area contributed by atoms with Crippen molar-refractivity contribution in [2.75, 3.05) is 17.7 Å². The molecule has 110 valence electrons. The van der Waals surface area contributed by atoms with Crippen LogP contribution in [0.1, 0.15) is 5.56 Å². The van der Waals surface area contributed by atoms with Crippen LogP contribution in [0.25, 0.3) is 0 Å². The third kappa shape index (κ3) is 4.46. The molecule has 3 N–H and O–H groups in total. The highest BCUT2D eigenvalue weighted by Gasteiger charge is 2.03. The van der Waals surface area contributed by atoms with Gasteiger partial charge in [-0.2, -0.15) is 0 Å². The lowest BCUT2D eigenvalue weighted by atomic mass is 10.2. The predicted molar refractivity (Wildman–Crippen MR) is 85.9 cm³/mol. The molecule has 0 spiro atoms. The molecule has 0 heterocycles. The topological polar surface area (TPSA) is 53.2 Å². The van der Waals surface area contributed by atoms with Crippen molar-refractivity contribution in [3.63, 3.8) is 0 Å². The van der Waals surface area contributed by atoms with Crippen LogP contribution in [0.15, 0.2) is 46.9 Å². The molecule has 2 aromatic carbocycles. The molecule has 4 nitrogen and oxygen atoms in total. The summed E-state index contributed by atoms with van der Waals surface area (Å²) in [7, 11) is 1.55. The zero-order chi connectivity index (χ0) is 15.2. The molecule has 0 atom stereocenters. The highest BCUT2D eigenvalue weighted by molar-refractivity contribution is 9.10. The van der Waals surface area contributed by atoms with Gasteiger partial charge in [-0.15, -0.1) is 0 Å². The number of hydrogen-bond acceptors (Lipinski definition) is 2. The molecule has 0 aromatic heterocycles. The molecular formula is C15H15BrFN3O. The molecule has 6 heteroatoms. The van der Waals surface area contributed by atoms with E-state index in [9.17, 15) is 9.18 Å². The van der Waals surface area contributed by atoms with Crippen LogP contribution in [0.5, 0.6) is 0 Å². The van der Waals surface area contributed by atoms with Crippen LogP contribution in [-0.2, 0) is 6.54 Å². The molecule has 2 amide bonds. The standard InChI is InChI=1S/C15H15BrFN3O/c1-18-15(21)20-13-5-3-12(4-6-13)19-9-10-8-11(16)2-7-14(10)17/h2-8,19H,9H2,1H3,(H2,18,20,21). The van der Waals surface area contributed by atoms with Crippen molar-refractivity contribution in [1.29, 1.82) is 0 Å². The summed E-state index contributed by atoms with van der Waals surface area (Å²) in [5.41, 5.74) is 2.11. The Morgan fingerprint density at radius 3 is 2.48 bits per heavy atom. The van der Waals surface area contributed by atoms with Gasteiger partial charge in [0, 0.05) is 35.0 Å². The van der Waals surface area contributed by atoms with E-state index < -0.39 is 0 Å². The Labute approximate surface area is 130 Å². The minimum atomic E-state index is -0.271. The molecule has 0 saturated heterocycles. The van der Waals surface area contributed by atoms with Crippen molar-refractivity contribution in [3.05, 3.63) is 58.3 Å². The quantitative estimate of drug-likeness (QED) is 0.780. The van der Waals surface area contributed by atoms with E-state index in [1.165, 1.54) is 6.07 Å². The average Bonchev–Trinajstić information content (AvgIpc) is 2.49. The first-order valence-electron chi connectivity index (χ1n) is 6.35. The van der Waals surface area contributed by atoms with Crippen LogP contribution in [0.4, 0.5) is 20.6 Å². The Morgan fingerprint density at radius 2 is 1.81 bits per heavy atom. The normalized spacial score (nSPS) is 10.0. The van der Waals surface area contributed by atoms with E-state index in [4.69, 9.17) is 0 Å². The van der Waals surface area contributed by atoms with E-state index in [1.807, 2.05) is 12.1 Å². The summed E-state index contributed by atoms with van der Waals surface area (Å²) in [5, 5.41) is 8.27. The van der Waals surface area contributed by atoms with Gasteiger partial charge in [-0.3, -0.25) is 0 Å². The molecule has 0 aliphatic rings. The Bertz CT molecular complexity index is 631. The molecule has 0 radical (unpaired) electrons. The largest absolute Gasteiger partial charge is 0.381 e. The zero-order valence-electron chi connectivity index (χ0n) is 11.4. The van der Waals surface area contributed by atoms with Gasteiger partial charge >= 0.3 is 6.03 Å². The fourth-order valence-corrected chi connectivity index (χ4v) is 2.15. The van der Waals surface area contributed by atoms with Crippen molar-refractivity contribution < 1.29 is 9.18 Å². The van der Waals surface area contributed by atoms with Crippen molar-refractivity contribution in [1.82, 2.24) is 5.32 Å². The summed E-state index contributed by atoms with van der Waals surface area (Å²) in [6.07, 6.45) is 0. The molecule has 2 aromatic rings. The van der Waals surface area contributed by atoms with Gasteiger partial charge in [-0.1, -0.05) is 15.9 Å². The zero-order valence-corrected chi connectivity index (χ0v) is 13.0. The summed E-state index contributed by atoms with van der Waals surface area (Å²) >= 11 is 3.32. The summed E-state index contributed by atoms with van der Waals surface area (Å²) in [6.45, 7) is 0.382. The number of benzene rings is 2. The van der Waals surface area contributed by atoms with E-state index in [0.717, 1.165) is 10.2 Å². The van der Waals surface area contributed by atoms with E-state index in [1.54, 1.807) is 31.3 Å². The number of halogens is 2. The first-order valence-corrected chi connectivity index (χ1v) is 7.14. The van der Waals surface area contributed by atoms with E-state index in [-0.39, 0.29) is 11.8 Å². The summed E-state index contributed by atoms with van der Waals surface area (Å²) < 4.78 is 14.4. The number of urea groups is 1. The van der Waals surface area contributed by atoms with Gasteiger partial charge in [0.25, 0.3) is 0 Å². The van der Waals surface area contributed by atoms with Crippen molar-refractivity contribution >= 4 is 33.3 Å². The van der Waals surface area contributed by atoms with Crippen molar-refractivity contribution in [2.45, 2.75) is 6.54 Å². The summed E-state index contributed by atoms with van der Waals surface area (Å²) in [4.78, 5) is 11.2. The highest BCUT2D eigenvalue weighted by atomic mass is 79.9. The summed E-state index contributed by atoms with van der Waals surface area (Å²) in [5.74, 6) is -0.247. The second-order valence-corrected chi connectivity index (χ2v) is 5.29. The maximum atomic E-state index is 13.6. The van der Waals surface area contributed by atoms with Crippen LogP contribution in [0.2, 0.25) is 0 Å². The Hall–Kier alpha value is -2.08. The van der Waals surface area contributed by atoms with Crippen LogP contribution in [0, 0.1) is 5.82 Å². The molecule has 0 fully saturated rings. The third-order valence-electron chi connectivity index (χ3n) is 2.86. The molecule has 0 aliphatic carbocycles. The van der Waals surface area contributed by atoms with Gasteiger partial charge in [-0.25, -0.2) is 9.18 Å². The van der Waals surface area contributed by atoms with Crippen molar-refractivity contribution in [2.24, 2.45) is 0 Å². The Balaban J connectivity index is 1.97. The van der Waals surface area contributed by atoms with Crippen LogP contribution in [0.3, 0.4) is 0 Å². The molecule has 0 saturated carbocycles. The number of rotatable bonds is 4. The molecule has 0 unspecified atom stereocenters. The highest BCUT2D eigenvalue weighted by Crippen LogP contribution is 2.18. The summed E-state index contributed by atoms with van der Waals surface area (Å²) in [6, 6.07) is 11.7. The third-order valence-corrected chi connectivity index (χ3v) is 3.35. The first-order chi connectivity index (χ1) is 10.1. The molecular weight excluding hydrogens is 337 g/mol. The molecule has 0 bridgehead atoms. The Morgan fingerprint density at radius 1 is 1.14 bits per heavy atom. The van der Waals surface area contributed by atoms with Gasteiger partial charge < -0.3 is 16.0 Å². The SMILES string of the molecule is CNC(=O)Nc1ccc(NCc2cc(Br)ccc2F)cc1. The van der Waals surface area contributed by atoms with Gasteiger partial charge in [0.2, 0.25) is 0 Å². The average molecular weight is 352 g/mol. The van der Waals surface area contributed by atoms with Gasteiger partial charge in [0.1, 0.15) is 5.82 Å². The maximum Gasteiger partial charge on any atom is 0.318 e. The van der Waals surface area contributed by atoms with Crippen LogP contribution < -0.4 is 16.0 Å². The number of anilines is 2. The van der Waals surface area contributed by atoms with Gasteiger partial charge in [0.15, 0.2) is 0 Å². The number of nitrogens with one attached hydrogen (secondary N) is 3. The fourth-order valence-electron chi connectivity index (χ4n) is 1.74. The molecule has 0 aliphatic heterocycles. The lowest BCUT2D eigenvalue weighted by Gasteiger charge is -2.09. The van der Waals surface area contributed by atoms with Crippen LogP contribution in [-0.4, -0.2) is 13.1 Å². The minimum Gasteiger partial charge on any atom is -0.381 e. The molecule has 21 heavy (non-hydrogen) atoms. The smallest absolute Gasteiger partial charge is 0.318 e. The van der Waals surface area contributed by atoms with E-state index in [0.29, 0.717) is 17.8 Å². The van der Waals surface area contributed by atoms with E-state index in [2.05, 4.69) is 31.9 Å². The molecule has 2 rings (SSSR count). The lowest BCUT2D eigenvalue weighted by molar-refractivity contribution is 0.254. The lowest BCUT2D eigenvalue weighted by Crippen LogP contribution is -2.24. The number of amides is 2. The van der Waals surface area contributed by atoms with Gasteiger partial charge in [-0.05, 0) is 42.5 Å². The van der Waals surface area contributed by atoms with Crippen LogP contribution >= 0.6 is 15.9 Å². The second kappa shape index (κ2) is 7.08. The van der Waals surface area contributed by atoms with Crippen molar-refractivity contribution in [3.8, 4) is 0 Å². The number of hydrogen-bond donors (Lipinski definition) is 3. The minimum absolute atomic E-state index is 0.247. The maximum absolute atomic E-state index is 13.6. The van der Waals surface area contributed by atoms with Gasteiger partial charge in [0.05, 0.1) is 0 Å². The Kier molecular flexibility index (Phi) is 5.16. The second-order valence-electron chi connectivity index (χ2n) is 4.37. The first kappa shape index (κ1) is 15.3. The number of carbonyl (C=O) groups is 1. The van der Waals surface area contributed by atoms with E-state index >= 15 is 0 Å². The monoisotopic (exact) mass is 351 g/mol. The fraction of sp³-hybridized carbons (Fsp3) is 0.133.